The van der Waals surface area contributed by atoms with Crippen molar-refractivity contribution < 1.29 is 19.0 Å². The first kappa shape index (κ1) is 29.5. The maximum atomic E-state index is 11.7. The van der Waals surface area contributed by atoms with E-state index in [1.54, 1.807) is 39.8 Å². The normalized spacial score (nSPS) is 15.4. The van der Waals surface area contributed by atoms with E-state index >= 15 is 0 Å². The first-order valence-corrected chi connectivity index (χ1v) is 15.5. The molecular formula is C33H32Cl2N6O4. The van der Waals surface area contributed by atoms with Crippen molar-refractivity contribution >= 4 is 57.5 Å². The summed E-state index contributed by atoms with van der Waals surface area (Å²) in [4.78, 5) is 26.1. The van der Waals surface area contributed by atoms with Crippen LogP contribution in [0.2, 0.25) is 10.0 Å². The highest BCUT2D eigenvalue weighted by molar-refractivity contribution is 6.41. The Hall–Kier alpha value is -4.25. The van der Waals surface area contributed by atoms with Gasteiger partial charge in [-0.25, -0.2) is 4.98 Å². The predicted molar refractivity (Wildman–Crippen MR) is 178 cm³/mol. The molecule has 0 unspecified atom stereocenters. The van der Waals surface area contributed by atoms with Crippen LogP contribution >= 0.6 is 23.2 Å². The molecule has 4 heterocycles. The van der Waals surface area contributed by atoms with Crippen LogP contribution in [-0.2, 0) is 4.79 Å². The van der Waals surface area contributed by atoms with Gasteiger partial charge in [0.1, 0.15) is 22.9 Å². The first-order valence-electron chi connectivity index (χ1n) is 14.7. The quantitative estimate of drug-likeness (QED) is 0.184. The average Bonchev–Trinajstić information content (AvgIpc) is 3.80. The van der Waals surface area contributed by atoms with E-state index in [9.17, 15) is 4.79 Å². The number of fused-ring (bicyclic) bond motifs is 3. The zero-order valence-electron chi connectivity index (χ0n) is 25.1. The molecule has 2 fully saturated rings. The molecule has 1 aliphatic heterocycles. The minimum Gasteiger partial charge on any atom is -0.496 e. The number of nitrogens with one attached hydrogen (secondary N) is 1. The van der Waals surface area contributed by atoms with Gasteiger partial charge in [-0.1, -0.05) is 23.2 Å². The van der Waals surface area contributed by atoms with Gasteiger partial charge < -0.3 is 24.4 Å². The fourth-order valence-electron chi connectivity index (χ4n) is 6.29. The number of carbonyl (C=O) groups excluding carboxylic acids is 1. The Labute approximate surface area is 270 Å². The van der Waals surface area contributed by atoms with Crippen LogP contribution in [0.4, 0.5) is 11.4 Å². The number of pyridine rings is 2. The molecule has 1 saturated heterocycles. The smallest absolute Gasteiger partial charge is 0.211 e. The van der Waals surface area contributed by atoms with Gasteiger partial charge in [0.25, 0.3) is 0 Å². The first-order chi connectivity index (χ1) is 21.9. The highest BCUT2D eigenvalue weighted by Gasteiger charge is 2.32. The van der Waals surface area contributed by atoms with Gasteiger partial charge in [0, 0.05) is 85.0 Å². The minimum absolute atomic E-state index is 0.353. The Balaban J connectivity index is 1.33. The Morgan fingerprint density at radius 2 is 1.58 bits per heavy atom. The Bertz CT molecular complexity index is 1910. The molecule has 1 N–H and O–H groups in total. The van der Waals surface area contributed by atoms with Gasteiger partial charge in [-0.15, -0.1) is 0 Å². The predicted octanol–water partition coefficient (Wildman–Crippen LogP) is 6.40. The van der Waals surface area contributed by atoms with Crippen LogP contribution < -0.4 is 24.4 Å². The molecular weight excluding hydrogens is 615 g/mol. The largest absolute Gasteiger partial charge is 0.496 e. The lowest BCUT2D eigenvalue weighted by atomic mass is 10.0. The number of amides is 1. The molecule has 45 heavy (non-hydrogen) atoms. The Morgan fingerprint density at radius 1 is 0.867 bits per heavy atom. The molecule has 0 spiro atoms. The lowest BCUT2D eigenvalue weighted by molar-refractivity contribution is -0.105. The van der Waals surface area contributed by atoms with Crippen LogP contribution in [0, 0.1) is 0 Å². The maximum Gasteiger partial charge on any atom is 0.211 e. The van der Waals surface area contributed by atoms with Gasteiger partial charge in [0.15, 0.2) is 0 Å². The van der Waals surface area contributed by atoms with E-state index in [1.807, 2.05) is 34.9 Å². The SMILES string of the molecule is COc1cc(N2CCN(C3CC3)CC2)c(NC=O)cc1-c1cc2c(cn1)cc(-c1c(Cl)c(OC)cc(OC)c1Cl)c1nccn12. The molecule has 0 bridgehead atoms. The van der Waals surface area contributed by atoms with Crippen molar-refractivity contribution in [2.75, 3.05) is 57.7 Å². The number of anilines is 2. The number of carbonyl (C=O) groups is 1. The van der Waals surface area contributed by atoms with Gasteiger partial charge in [-0.3, -0.25) is 19.1 Å². The van der Waals surface area contributed by atoms with Gasteiger partial charge >= 0.3 is 0 Å². The molecule has 0 radical (unpaired) electrons. The van der Waals surface area contributed by atoms with Crippen molar-refractivity contribution in [2.24, 2.45) is 0 Å². The van der Waals surface area contributed by atoms with Crippen molar-refractivity contribution in [1.82, 2.24) is 19.3 Å². The van der Waals surface area contributed by atoms with Gasteiger partial charge in [0.05, 0.1) is 54.0 Å². The van der Waals surface area contributed by atoms with E-state index in [1.165, 1.54) is 12.8 Å². The number of aromatic nitrogens is 3. The summed E-state index contributed by atoms with van der Waals surface area (Å²) in [6, 6.07) is 10.3. The van der Waals surface area contributed by atoms with E-state index in [4.69, 9.17) is 42.4 Å². The summed E-state index contributed by atoms with van der Waals surface area (Å²) in [5.41, 5.74) is 5.85. The fraction of sp³-hybridized carbons (Fsp3) is 0.303. The summed E-state index contributed by atoms with van der Waals surface area (Å²) in [5, 5.41) is 4.46. The number of benzene rings is 2. The molecule has 1 aliphatic carbocycles. The summed E-state index contributed by atoms with van der Waals surface area (Å²) in [5.74, 6) is 1.54. The molecule has 3 aromatic heterocycles. The standard InChI is InChI=1S/C33H32Cl2N6O4/c1-43-27-15-26(40-10-8-39(9-11-40)20-4-5-20)24(38-18-42)13-21(27)23-14-25-19(17-37-23)12-22(33-36-6-7-41(25)33)30-31(34)28(44-2)16-29(45-3)32(30)35/h6-7,12-18,20H,4-5,8-11H2,1-3H3,(H,38,42). The summed E-state index contributed by atoms with van der Waals surface area (Å²) in [6.45, 7) is 3.77. The molecule has 1 saturated carbocycles. The molecule has 0 atom stereocenters. The average molecular weight is 648 g/mol. The summed E-state index contributed by atoms with van der Waals surface area (Å²) >= 11 is 13.6. The fourth-order valence-corrected chi connectivity index (χ4v) is 7.00. The van der Waals surface area contributed by atoms with Crippen molar-refractivity contribution in [2.45, 2.75) is 18.9 Å². The summed E-state index contributed by atoms with van der Waals surface area (Å²) < 4.78 is 18.9. The molecule has 2 aromatic carbocycles. The zero-order chi connectivity index (χ0) is 31.2. The number of halogens is 2. The number of imidazole rings is 1. The van der Waals surface area contributed by atoms with Crippen LogP contribution in [0.1, 0.15) is 12.8 Å². The number of hydrogen-bond acceptors (Lipinski definition) is 8. The van der Waals surface area contributed by atoms with Crippen molar-refractivity contribution in [3.8, 4) is 39.6 Å². The van der Waals surface area contributed by atoms with Crippen LogP contribution in [0.15, 0.2) is 48.9 Å². The van der Waals surface area contributed by atoms with Crippen LogP contribution in [0.5, 0.6) is 17.2 Å². The third-order valence-electron chi connectivity index (χ3n) is 8.72. The second-order valence-corrected chi connectivity index (χ2v) is 11.9. The third-order valence-corrected chi connectivity index (χ3v) is 9.47. The lowest BCUT2D eigenvalue weighted by Crippen LogP contribution is -2.47. The highest BCUT2D eigenvalue weighted by Crippen LogP contribution is 2.48. The van der Waals surface area contributed by atoms with Crippen molar-refractivity contribution in [3.63, 3.8) is 0 Å². The maximum absolute atomic E-state index is 11.7. The van der Waals surface area contributed by atoms with Gasteiger partial charge in [-0.2, -0.15) is 0 Å². The minimum atomic E-state index is 0.353. The molecule has 12 heteroatoms. The number of piperazine rings is 1. The monoisotopic (exact) mass is 646 g/mol. The van der Waals surface area contributed by atoms with Crippen LogP contribution in [0.25, 0.3) is 38.9 Å². The van der Waals surface area contributed by atoms with Crippen LogP contribution in [0.3, 0.4) is 0 Å². The van der Waals surface area contributed by atoms with Crippen LogP contribution in [-0.4, -0.2) is 79.2 Å². The number of hydrogen-bond donors (Lipinski definition) is 1. The van der Waals surface area contributed by atoms with Crippen molar-refractivity contribution in [1.29, 1.82) is 0 Å². The van der Waals surface area contributed by atoms with Gasteiger partial charge in [0.2, 0.25) is 6.41 Å². The topological polar surface area (TPSA) is 93.5 Å². The van der Waals surface area contributed by atoms with E-state index in [-0.39, 0.29) is 0 Å². The second-order valence-electron chi connectivity index (χ2n) is 11.2. The van der Waals surface area contributed by atoms with Gasteiger partial charge in [-0.05, 0) is 31.0 Å². The third kappa shape index (κ3) is 5.16. The second kappa shape index (κ2) is 11.9. The molecule has 1 amide bonds. The van der Waals surface area contributed by atoms with E-state index < -0.39 is 0 Å². The van der Waals surface area contributed by atoms with E-state index in [0.29, 0.717) is 61.9 Å². The molecule has 7 rings (SSSR count). The molecule has 2 aliphatic rings. The van der Waals surface area contributed by atoms with Crippen molar-refractivity contribution in [3.05, 3.63) is 59.0 Å². The Kier molecular flexibility index (Phi) is 7.81. The number of nitrogens with zero attached hydrogens (tertiary/aromatic N) is 5. The van der Waals surface area contributed by atoms with E-state index in [0.717, 1.165) is 54.4 Å². The molecule has 232 valence electrons. The molecule has 5 aromatic rings. The van der Waals surface area contributed by atoms with E-state index in [2.05, 4.69) is 20.1 Å². The summed E-state index contributed by atoms with van der Waals surface area (Å²) in [6.07, 6.45) is 8.70. The highest BCUT2D eigenvalue weighted by atomic mass is 35.5. The Morgan fingerprint density at radius 3 is 2.22 bits per heavy atom. The number of methoxy groups -OCH3 is 3. The number of ether oxygens (including phenoxy) is 3. The number of rotatable bonds is 9. The lowest BCUT2D eigenvalue weighted by Gasteiger charge is -2.37. The zero-order valence-corrected chi connectivity index (χ0v) is 26.7. The summed E-state index contributed by atoms with van der Waals surface area (Å²) in [7, 11) is 4.74. The molecule has 10 nitrogen and oxygen atoms in total.